The summed E-state index contributed by atoms with van der Waals surface area (Å²) in [4.78, 5) is 15.9. The number of carbonyl (C=O) groups is 1. The smallest absolute Gasteiger partial charge is 0.416 e. The number of halogens is 4. The molecule has 0 aliphatic carbocycles. The number of rotatable bonds is 4. The number of aromatic nitrogens is 1. The topological polar surface area (TPSA) is 51.2 Å². The average Bonchev–Trinajstić information content (AvgIpc) is 2.52. The van der Waals surface area contributed by atoms with Crippen LogP contribution >= 0.6 is 0 Å². The van der Waals surface area contributed by atoms with E-state index < -0.39 is 30.0 Å². The van der Waals surface area contributed by atoms with Crippen molar-refractivity contribution in [3.63, 3.8) is 0 Å². The first-order chi connectivity index (χ1) is 10.8. The van der Waals surface area contributed by atoms with Gasteiger partial charge in [-0.05, 0) is 29.8 Å². The number of nitrogens with one attached hydrogen (secondary N) is 1. The zero-order valence-corrected chi connectivity index (χ0v) is 11.9. The highest BCUT2D eigenvalue weighted by Crippen LogP contribution is 2.32. The van der Waals surface area contributed by atoms with Crippen molar-refractivity contribution in [3.8, 4) is 5.88 Å². The normalized spacial score (nSPS) is 11.2. The molecule has 1 amide bonds. The van der Waals surface area contributed by atoms with E-state index in [-0.39, 0.29) is 17.0 Å². The number of hydrogen-bond acceptors (Lipinski definition) is 3. The van der Waals surface area contributed by atoms with Crippen LogP contribution in [0.1, 0.15) is 21.5 Å². The molecule has 0 radical (unpaired) electrons. The van der Waals surface area contributed by atoms with Crippen LogP contribution in [0.4, 0.5) is 17.6 Å². The summed E-state index contributed by atoms with van der Waals surface area (Å²) < 4.78 is 56.6. The molecule has 23 heavy (non-hydrogen) atoms. The Hall–Kier alpha value is -2.64. The number of ether oxygens (including phenoxy) is 1. The molecule has 8 heteroatoms. The van der Waals surface area contributed by atoms with Gasteiger partial charge in [-0.3, -0.25) is 4.79 Å². The Labute approximate surface area is 129 Å². The molecule has 0 aliphatic heterocycles. The Morgan fingerprint density at radius 1 is 1.30 bits per heavy atom. The van der Waals surface area contributed by atoms with Crippen molar-refractivity contribution in [2.75, 3.05) is 7.11 Å². The Kier molecular flexibility index (Phi) is 4.83. The highest BCUT2D eigenvalue weighted by Gasteiger charge is 2.33. The SMILES string of the molecule is COc1ncccc1C(=O)NCc1ccc(F)cc1C(F)(F)F. The second-order valence-electron chi connectivity index (χ2n) is 4.54. The predicted octanol–water partition coefficient (Wildman–Crippen LogP) is 3.18. The molecule has 1 aromatic carbocycles. The quantitative estimate of drug-likeness (QED) is 0.877. The van der Waals surface area contributed by atoms with Crippen LogP contribution in [0.25, 0.3) is 0 Å². The molecule has 0 bridgehead atoms. The molecule has 4 nitrogen and oxygen atoms in total. The van der Waals surface area contributed by atoms with Gasteiger partial charge in [0.15, 0.2) is 0 Å². The second kappa shape index (κ2) is 6.64. The van der Waals surface area contributed by atoms with E-state index in [1.807, 2.05) is 0 Å². The molecule has 0 atom stereocenters. The number of hydrogen-bond donors (Lipinski definition) is 1. The molecule has 2 aromatic rings. The summed E-state index contributed by atoms with van der Waals surface area (Å²) in [6.07, 6.45) is -3.30. The van der Waals surface area contributed by atoms with Gasteiger partial charge in [0.2, 0.25) is 5.88 Å². The number of benzene rings is 1. The van der Waals surface area contributed by atoms with E-state index in [0.717, 1.165) is 12.1 Å². The molecule has 0 saturated carbocycles. The lowest BCUT2D eigenvalue weighted by molar-refractivity contribution is -0.138. The second-order valence-corrected chi connectivity index (χ2v) is 4.54. The standard InChI is InChI=1S/C15H12F4N2O2/c1-23-14-11(3-2-6-20-14)13(22)21-8-9-4-5-10(16)7-12(9)15(17,18)19/h2-7H,8H2,1H3,(H,21,22). The van der Waals surface area contributed by atoms with Gasteiger partial charge >= 0.3 is 6.18 Å². The molecular weight excluding hydrogens is 316 g/mol. The minimum atomic E-state index is -4.71. The van der Waals surface area contributed by atoms with E-state index in [1.54, 1.807) is 0 Å². The van der Waals surface area contributed by atoms with Crippen molar-refractivity contribution >= 4 is 5.91 Å². The Morgan fingerprint density at radius 2 is 2.04 bits per heavy atom. The number of amides is 1. The molecule has 122 valence electrons. The monoisotopic (exact) mass is 328 g/mol. The lowest BCUT2D eigenvalue weighted by Crippen LogP contribution is -2.25. The maximum atomic E-state index is 13.0. The molecule has 0 saturated heterocycles. The van der Waals surface area contributed by atoms with Gasteiger partial charge < -0.3 is 10.1 Å². The van der Waals surface area contributed by atoms with Crippen LogP contribution in [-0.4, -0.2) is 18.0 Å². The highest BCUT2D eigenvalue weighted by atomic mass is 19.4. The predicted molar refractivity (Wildman–Crippen MR) is 73.4 cm³/mol. The minimum Gasteiger partial charge on any atom is -0.480 e. The third-order valence-electron chi connectivity index (χ3n) is 3.03. The summed E-state index contributed by atoms with van der Waals surface area (Å²) in [5, 5.41) is 2.34. The molecular formula is C15H12F4N2O2. The van der Waals surface area contributed by atoms with Crippen molar-refractivity contribution in [2.24, 2.45) is 0 Å². The van der Waals surface area contributed by atoms with E-state index in [1.165, 1.54) is 25.4 Å². The summed E-state index contributed by atoms with van der Waals surface area (Å²) >= 11 is 0. The lowest BCUT2D eigenvalue weighted by atomic mass is 10.1. The third kappa shape index (κ3) is 3.97. The number of carbonyl (C=O) groups excluding carboxylic acids is 1. The van der Waals surface area contributed by atoms with Gasteiger partial charge in [-0.2, -0.15) is 13.2 Å². The third-order valence-corrected chi connectivity index (χ3v) is 3.03. The average molecular weight is 328 g/mol. The van der Waals surface area contributed by atoms with Gasteiger partial charge in [-0.1, -0.05) is 6.07 Å². The largest absolute Gasteiger partial charge is 0.480 e. The van der Waals surface area contributed by atoms with Gasteiger partial charge in [0.1, 0.15) is 11.4 Å². The summed E-state index contributed by atoms with van der Waals surface area (Å²) in [6.45, 7) is -0.411. The number of nitrogens with zero attached hydrogens (tertiary/aromatic N) is 1. The summed E-state index contributed by atoms with van der Waals surface area (Å²) in [7, 11) is 1.32. The maximum Gasteiger partial charge on any atom is 0.416 e. The van der Waals surface area contributed by atoms with Crippen LogP contribution in [-0.2, 0) is 12.7 Å². The van der Waals surface area contributed by atoms with Crippen molar-refractivity contribution in [2.45, 2.75) is 12.7 Å². The summed E-state index contributed by atoms with van der Waals surface area (Å²) in [5.41, 5.74) is -1.28. The van der Waals surface area contributed by atoms with E-state index in [2.05, 4.69) is 10.3 Å². The van der Waals surface area contributed by atoms with Crippen LogP contribution in [0.15, 0.2) is 36.5 Å². The molecule has 0 unspecified atom stereocenters. The van der Waals surface area contributed by atoms with Crippen molar-refractivity contribution in [3.05, 3.63) is 59.0 Å². The van der Waals surface area contributed by atoms with Gasteiger partial charge in [0, 0.05) is 12.7 Å². The molecule has 0 spiro atoms. The molecule has 1 aromatic heterocycles. The highest BCUT2D eigenvalue weighted by molar-refractivity contribution is 5.96. The van der Waals surface area contributed by atoms with Gasteiger partial charge in [-0.15, -0.1) is 0 Å². The van der Waals surface area contributed by atoms with Gasteiger partial charge in [-0.25, -0.2) is 9.37 Å². The number of methoxy groups -OCH3 is 1. The summed E-state index contributed by atoms with van der Waals surface area (Å²) in [6, 6.07) is 5.21. The fourth-order valence-corrected chi connectivity index (χ4v) is 1.96. The van der Waals surface area contributed by atoms with Crippen LogP contribution in [0.5, 0.6) is 5.88 Å². The zero-order valence-electron chi connectivity index (χ0n) is 11.9. The van der Waals surface area contributed by atoms with Crippen molar-refractivity contribution in [1.82, 2.24) is 10.3 Å². The van der Waals surface area contributed by atoms with Crippen LogP contribution in [0, 0.1) is 5.82 Å². The van der Waals surface area contributed by atoms with Gasteiger partial charge in [0.25, 0.3) is 5.91 Å². The van der Waals surface area contributed by atoms with E-state index >= 15 is 0 Å². The first-order valence-electron chi connectivity index (χ1n) is 6.45. The van der Waals surface area contributed by atoms with Crippen LogP contribution in [0.3, 0.4) is 0 Å². The van der Waals surface area contributed by atoms with E-state index in [9.17, 15) is 22.4 Å². The zero-order chi connectivity index (χ0) is 17.0. The van der Waals surface area contributed by atoms with E-state index in [0.29, 0.717) is 6.07 Å². The first-order valence-corrected chi connectivity index (χ1v) is 6.45. The number of alkyl halides is 3. The molecule has 0 fully saturated rings. The van der Waals surface area contributed by atoms with Crippen molar-refractivity contribution < 1.29 is 27.1 Å². The minimum absolute atomic E-state index is 0.0557. The molecule has 0 aliphatic rings. The molecule has 1 heterocycles. The number of pyridine rings is 1. The molecule has 2 rings (SSSR count). The fourth-order valence-electron chi connectivity index (χ4n) is 1.96. The Balaban J connectivity index is 2.20. The van der Waals surface area contributed by atoms with Crippen molar-refractivity contribution in [1.29, 1.82) is 0 Å². The first kappa shape index (κ1) is 16.7. The van der Waals surface area contributed by atoms with E-state index in [4.69, 9.17) is 4.74 Å². The van der Waals surface area contributed by atoms with Gasteiger partial charge in [0.05, 0.1) is 12.7 Å². The lowest BCUT2D eigenvalue weighted by Gasteiger charge is -2.14. The Morgan fingerprint density at radius 3 is 2.70 bits per heavy atom. The molecule has 1 N–H and O–H groups in total. The maximum absolute atomic E-state index is 13.0. The fraction of sp³-hybridized carbons (Fsp3) is 0.200. The van der Waals surface area contributed by atoms with Crippen LogP contribution in [0.2, 0.25) is 0 Å². The Bertz CT molecular complexity index is 717. The summed E-state index contributed by atoms with van der Waals surface area (Å²) in [5.74, 6) is -1.59. The van der Waals surface area contributed by atoms with Crippen LogP contribution < -0.4 is 10.1 Å².